The Kier molecular flexibility index (Phi) is 3.33. The van der Waals surface area contributed by atoms with Crippen LogP contribution >= 0.6 is 0 Å². The van der Waals surface area contributed by atoms with Gasteiger partial charge in [-0.05, 0) is 30.4 Å². The Morgan fingerprint density at radius 1 is 1.53 bits per heavy atom. The number of carboxylic acids is 1. The molecule has 0 bridgehead atoms. The topological polar surface area (TPSA) is 72.5 Å². The van der Waals surface area contributed by atoms with Gasteiger partial charge in [-0.15, -0.1) is 0 Å². The summed E-state index contributed by atoms with van der Waals surface area (Å²) in [6.07, 6.45) is 3.12. The first kappa shape index (κ1) is 11.9. The molecule has 4 nitrogen and oxygen atoms in total. The van der Waals surface area contributed by atoms with E-state index in [2.05, 4.69) is 0 Å². The van der Waals surface area contributed by atoms with Crippen molar-refractivity contribution in [2.45, 2.75) is 25.2 Å². The highest BCUT2D eigenvalue weighted by atomic mass is 16.5. The third-order valence-corrected chi connectivity index (χ3v) is 3.37. The lowest BCUT2D eigenvalue weighted by Crippen LogP contribution is -2.22. The molecule has 0 aromatic heterocycles. The van der Waals surface area contributed by atoms with Crippen LogP contribution in [0.1, 0.15) is 29.0 Å². The summed E-state index contributed by atoms with van der Waals surface area (Å²) >= 11 is 0. The molecule has 0 aliphatic heterocycles. The number of benzene rings is 1. The number of carbonyl (C=O) groups is 1. The maximum Gasteiger partial charge on any atom is 0.312 e. The molecule has 1 unspecified atom stereocenters. The fourth-order valence-corrected chi connectivity index (χ4v) is 2.53. The van der Waals surface area contributed by atoms with Crippen molar-refractivity contribution in [3.8, 4) is 5.75 Å². The summed E-state index contributed by atoms with van der Waals surface area (Å²) in [6, 6.07) is 3.85. The van der Waals surface area contributed by atoms with Gasteiger partial charge in [0, 0.05) is 12.1 Å². The molecule has 1 aliphatic carbocycles. The first-order valence-electron chi connectivity index (χ1n) is 5.80. The number of aliphatic carboxylic acids is 1. The van der Waals surface area contributed by atoms with Crippen molar-refractivity contribution >= 4 is 5.97 Å². The van der Waals surface area contributed by atoms with Crippen molar-refractivity contribution in [1.82, 2.24) is 0 Å². The Labute approximate surface area is 100 Å². The van der Waals surface area contributed by atoms with Gasteiger partial charge in [-0.1, -0.05) is 12.1 Å². The van der Waals surface area contributed by atoms with Gasteiger partial charge in [-0.3, -0.25) is 4.79 Å². The van der Waals surface area contributed by atoms with Gasteiger partial charge in [0.05, 0.1) is 13.0 Å². The molecule has 1 aromatic carbocycles. The number of carboxylic acid groups (broad SMARTS) is 1. The van der Waals surface area contributed by atoms with Crippen molar-refractivity contribution in [2.24, 2.45) is 5.73 Å². The number of aryl methyl sites for hydroxylation is 1. The van der Waals surface area contributed by atoms with Gasteiger partial charge >= 0.3 is 5.97 Å². The Bertz CT molecular complexity index is 443. The van der Waals surface area contributed by atoms with E-state index in [0.717, 1.165) is 30.6 Å². The molecule has 17 heavy (non-hydrogen) atoms. The zero-order chi connectivity index (χ0) is 12.4. The number of fused-ring (bicyclic) bond motifs is 1. The SMILES string of the molecule is COc1c(C(CN)C(=O)O)ccc2c1CCC2. The minimum absolute atomic E-state index is 0.0878. The Morgan fingerprint density at radius 2 is 2.29 bits per heavy atom. The molecule has 0 spiro atoms. The van der Waals surface area contributed by atoms with Crippen LogP contribution in [0.2, 0.25) is 0 Å². The molecule has 0 radical (unpaired) electrons. The average Bonchev–Trinajstić information content (AvgIpc) is 2.77. The molecule has 0 heterocycles. The summed E-state index contributed by atoms with van der Waals surface area (Å²) in [5, 5.41) is 9.16. The molecular formula is C13H17NO3. The molecule has 0 saturated carbocycles. The first-order chi connectivity index (χ1) is 8.19. The third-order valence-electron chi connectivity index (χ3n) is 3.37. The number of ether oxygens (including phenoxy) is 1. The van der Waals surface area contributed by atoms with Crippen LogP contribution in [0, 0.1) is 0 Å². The third kappa shape index (κ3) is 2.00. The lowest BCUT2D eigenvalue weighted by atomic mass is 9.94. The van der Waals surface area contributed by atoms with Gasteiger partial charge in [0.2, 0.25) is 0 Å². The molecular weight excluding hydrogens is 218 g/mol. The monoisotopic (exact) mass is 235 g/mol. The Balaban J connectivity index is 2.51. The highest BCUT2D eigenvalue weighted by Gasteiger charge is 2.26. The molecule has 1 aromatic rings. The van der Waals surface area contributed by atoms with E-state index in [1.54, 1.807) is 7.11 Å². The zero-order valence-electron chi connectivity index (χ0n) is 9.90. The van der Waals surface area contributed by atoms with Crippen LogP contribution in [0.4, 0.5) is 0 Å². The van der Waals surface area contributed by atoms with E-state index in [4.69, 9.17) is 15.6 Å². The zero-order valence-corrected chi connectivity index (χ0v) is 9.90. The van der Waals surface area contributed by atoms with Crippen molar-refractivity contribution in [1.29, 1.82) is 0 Å². The smallest absolute Gasteiger partial charge is 0.312 e. The minimum atomic E-state index is -0.899. The van der Waals surface area contributed by atoms with Gasteiger partial charge in [0.25, 0.3) is 0 Å². The van der Waals surface area contributed by atoms with Gasteiger partial charge in [-0.2, -0.15) is 0 Å². The number of rotatable bonds is 4. The molecule has 3 N–H and O–H groups in total. The van der Waals surface area contributed by atoms with Gasteiger partial charge in [0.1, 0.15) is 5.75 Å². The predicted octanol–water partition coefficient (Wildman–Crippen LogP) is 1.31. The van der Waals surface area contributed by atoms with Gasteiger partial charge < -0.3 is 15.6 Å². The lowest BCUT2D eigenvalue weighted by molar-refractivity contribution is -0.138. The molecule has 92 valence electrons. The van der Waals surface area contributed by atoms with E-state index in [-0.39, 0.29) is 6.54 Å². The van der Waals surface area contributed by atoms with Crippen molar-refractivity contribution in [2.75, 3.05) is 13.7 Å². The Hall–Kier alpha value is -1.55. The van der Waals surface area contributed by atoms with Crippen molar-refractivity contribution in [3.63, 3.8) is 0 Å². The van der Waals surface area contributed by atoms with Gasteiger partial charge in [0.15, 0.2) is 0 Å². The molecule has 0 saturated heterocycles. The molecule has 1 aliphatic rings. The highest BCUT2D eigenvalue weighted by Crippen LogP contribution is 2.37. The largest absolute Gasteiger partial charge is 0.496 e. The van der Waals surface area contributed by atoms with E-state index >= 15 is 0 Å². The highest BCUT2D eigenvalue weighted by molar-refractivity contribution is 5.78. The Morgan fingerprint density at radius 3 is 2.88 bits per heavy atom. The van der Waals surface area contributed by atoms with Crippen LogP contribution in [0.15, 0.2) is 12.1 Å². The van der Waals surface area contributed by atoms with E-state index in [1.807, 2.05) is 12.1 Å². The first-order valence-corrected chi connectivity index (χ1v) is 5.80. The normalized spacial score (nSPS) is 15.4. The summed E-state index contributed by atoms with van der Waals surface area (Å²) in [5.74, 6) is -0.863. The van der Waals surface area contributed by atoms with Crippen molar-refractivity contribution in [3.05, 3.63) is 28.8 Å². The second-order valence-electron chi connectivity index (χ2n) is 4.31. The molecule has 1 atom stereocenters. The average molecular weight is 235 g/mol. The quantitative estimate of drug-likeness (QED) is 0.825. The van der Waals surface area contributed by atoms with Crippen molar-refractivity contribution < 1.29 is 14.6 Å². The van der Waals surface area contributed by atoms with Crippen LogP contribution in [0.5, 0.6) is 5.75 Å². The fourth-order valence-electron chi connectivity index (χ4n) is 2.53. The molecule has 4 heteroatoms. The minimum Gasteiger partial charge on any atom is -0.496 e. The van der Waals surface area contributed by atoms with E-state index in [9.17, 15) is 4.79 Å². The molecule has 0 fully saturated rings. The summed E-state index contributed by atoms with van der Waals surface area (Å²) in [7, 11) is 1.59. The number of nitrogens with two attached hydrogens (primary N) is 1. The van der Waals surface area contributed by atoms with Gasteiger partial charge in [-0.25, -0.2) is 0 Å². The second kappa shape index (κ2) is 4.75. The standard InChI is InChI=1S/C13H17NO3/c1-17-12-9-4-2-3-8(9)5-6-10(12)11(7-14)13(15)16/h5-6,11H,2-4,7,14H2,1H3,(H,15,16). The molecule has 0 amide bonds. The number of methoxy groups -OCH3 is 1. The summed E-state index contributed by atoms with van der Waals surface area (Å²) < 4.78 is 5.40. The summed E-state index contributed by atoms with van der Waals surface area (Å²) in [5.41, 5.74) is 8.66. The maximum atomic E-state index is 11.2. The number of hydrogen-bond donors (Lipinski definition) is 2. The van der Waals surface area contributed by atoms with Crippen LogP contribution in [0.25, 0.3) is 0 Å². The molecule has 2 rings (SSSR count). The van der Waals surface area contributed by atoms with Crippen LogP contribution < -0.4 is 10.5 Å². The number of hydrogen-bond acceptors (Lipinski definition) is 3. The predicted molar refractivity (Wildman–Crippen MR) is 64.5 cm³/mol. The fraction of sp³-hybridized carbons (Fsp3) is 0.462. The summed E-state index contributed by atoms with van der Waals surface area (Å²) in [6.45, 7) is 0.0878. The van der Waals surface area contributed by atoms with Crippen LogP contribution in [-0.2, 0) is 17.6 Å². The van der Waals surface area contributed by atoms with E-state index in [1.165, 1.54) is 5.56 Å². The van der Waals surface area contributed by atoms with E-state index < -0.39 is 11.9 Å². The van der Waals surface area contributed by atoms with E-state index in [0.29, 0.717) is 5.56 Å². The van der Waals surface area contributed by atoms with Crippen LogP contribution in [-0.4, -0.2) is 24.7 Å². The second-order valence-corrected chi connectivity index (χ2v) is 4.31. The summed E-state index contributed by atoms with van der Waals surface area (Å²) in [4.78, 5) is 11.2. The van der Waals surface area contributed by atoms with Crippen LogP contribution in [0.3, 0.4) is 0 Å². The lowest BCUT2D eigenvalue weighted by Gasteiger charge is -2.17. The maximum absolute atomic E-state index is 11.2.